The van der Waals surface area contributed by atoms with Gasteiger partial charge in [-0.25, -0.2) is 5.43 Å². The van der Waals surface area contributed by atoms with Gasteiger partial charge in [0.1, 0.15) is 0 Å². The van der Waals surface area contributed by atoms with Crippen molar-refractivity contribution in [3.63, 3.8) is 0 Å². The first-order valence-electron chi connectivity index (χ1n) is 5.91. The zero-order valence-electron chi connectivity index (χ0n) is 10.6. The highest BCUT2D eigenvalue weighted by Gasteiger charge is 2.15. The molecule has 2 aromatic rings. The number of rotatable bonds is 3. The summed E-state index contributed by atoms with van der Waals surface area (Å²) < 4.78 is 1.11. The minimum atomic E-state index is -0.000116. The summed E-state index contributed by atoms with van der Waals surface area (Å²) in [7, 11) is 0. The van der Waals surface area contributed by atoms with Crippen LogP contribution in [0.4, 0.5) is 0 Å². The maximum absolute atomic E-state index is 5.72. The molecule has 0 saturated heterocycles. The number of nitrogens with one attached hydrogen (secondary N) is 1. The fourth-order valence-corrected chi connectivity index (χ4v) is 2.51. The van der Waals surface area contributed by atoms with Gasteiger partial charge in [0.2, 0.25) is 0 Å². The average molecular weight is 305 g/mol. The van der Waals surface area contributed by atoms with Crippen LogP contribution in [-0.4, -0.2) is 0 Å². The van der Waals surface area contributed by atoms with Gasteiger partial charge in [-0.15, -0.1) is 0 Å². The molecule has 0 spiro atoms. The van der Waals surface area contributed by atoms with E-state index >= 15 is 0 Å². The van der Waals surface area contributed by atoms with Gasteiger partial charge in [-0.3, -0.25) is 5.84 Å². The van der Waals surface area contributed by atoms with Crippen LogP contribution in [0, 0.1) is 13.8 Å². The molecule has 0 aliphatic carbocycles. The van der Waals surface area contributed by atoms with E-state index in [4.69, 9.17) is 5.84 Å². The molecule has 2 rings (SSSR count). The predicted octanol–water partition coefficient (Wildman–Crippen LogP) is 3.62. The summed E-state index contributed by atoms with van der Waals surface area (Å²) in [4.78, 5) is 0. The highest BCUT2D eigenvalue weighted by atomic mass is 79.9. The van der Waals surface area contributed by atoms with E-state index < -0.39 is 0 Å². The molecule has 18 heavy (non-hydrogen) atoms. The molecule has 0 fully saturated rings. The maximum Gasteiger partial charge on any atom is 0.0721 e. The second-order valence-electron chi connectivity index (χ2n) is 4.49. The summed E-state index contributed by atoms with van der Waals surface area (Å²) >= 11 is 3.64. The van der Waals surface area contributed by atoms with Crippen LogP contribution < -0.4 is 11.3 Å². The number of hydrogen-bond acceptors (Lipinski definition) is 2. The summed E-state index contributed by atoms with van der Waals surface area (Å²) in [5.74, 6) is 5.72. The van der Waals surface area contributed by atoms with Gasteiger partial charge in [0, 0.05) is 4.47 Å². The quantitative estimate of drug-likeness (QED) is 0.671. The third-order valence-electron chi connectivity index (χ3n) is 3.11. The van der Waals surface area contributed by atoms with Gasteiger partial charge < -0.3 is 0 Å². The smallest absolute Gasteiger partial charge is 0.0721 e. The Balaban J connectivity index is 2.45. The van der Waals surface area contributed by atoms with Crippen molar-refractivity contribution in [1.82, 2.24) is 5.43 Å². The molecule has 2 nitrogen and oxygen atoms in total. The molecular formula is C15H17BrN2. The van der Waals surface area contributed by atoms with E-state index in [0.29, 0.717) is 0 Å². The molecule has 3 N–H and O–H groups in total. The van der Waals surface area contributed by atoms with Crippen molar-refractivity contribution in [2.24, 2.45) is 5.84 Å². The third-order valence-corrected chi connectivity index (χ3v) is 4.19. The Bertz CT molecular complexity index is 535. The standard InChI is InChI=1S/C15H17BrN2/c1-10-6-8-12(9-7-10)15(18-17)13-5-3-4-11(2)14(13)16/h3-9,15,18H,17H2,1-2H3. The maximum atomic E-state index is 5.72. The summed E-state index contributed by atoms with van der Waals surface area (Å²) in [5.41, 5.74) is 7.66. The second-order valence-corrected chi connectivity index (χ2v) is 5.28. The number of hydrazine groups is 1. The fourth-order valence-electron chi connectivity index (χ4n) is 2.02. The van der Waals surface area contributed by atoms with Crippen LogP contribution in [0.3, 0.4) is 0 Å². The van der Waals surface area contributed by atoms with Gasteiger partial charge in [0.25, 0.3) is 0 Å². The van der Waals surface area contributed by atoms with Gasteiger partial charge >= 0.3 is 0 Å². The molecule has 94 valence electrons. The lowest BCUT2D eigenvalue weighted by Gasteiger charge is -2.19. The van der Waals surface area contributed by atoms with E-state index in [9.17, 15) is 0 Å². The van der Waals surface area contributed by atoms with Crippen LogP contribution in [-0.2, 0) is 0 Å². The molecular weight excluding hydrogens is 288 g/mol. The minimum Gasteiger partial charge on any atom is -0.271 e. The van der Waals surface area contributed by atoms with Gasteiger partial charge in [-0.05, 0) is 30.5 Å². The van der Waals surface area contributed by atoms with Crippen molar-refractivity contribution in [2.75, 3.05) is 0 Å². The topological polar surface area (TPSA) is 38.0 Å². The zero-order chi connectivity index (χ0) is 13.1. The molecule has 0 amide bonds. The highest BCUT2D eigenvalue weighted by molar-refractivity contribution is 9.10. The molecule has 1 atom stereocenters. The molecule has 0 radical (unpaired) electrons. The molecule has 0 aliphatic heterocycles. The molecule has 0 aromatic heterocycles. The average Bonchev–Trinajstić information content (AvgIpc) is 2.37. The molecule has 2 aromatic carbocycles. The van der Waals surface area contributed by atoms with Crippen molar-refractivity contribution >= 4 is 15.9 Å². The summed E-state index contributed by atoms with van der Waals surface area (Å²) in [6.07, 6.45) is 0. The molecule has 0 bridgehead atoms. The van der Waals surface area contributed by atoms with Crippen LogP contribution in [0.5, 0.6) is 0 Å². The Labute approximate surface area is 116 Å². The van der Waals surface area contributed by atoms with E-state index in [1.165, 1.54) is 11.1 Å². The van der Waals surface area contributed by atoms with Gasteiger partial charge in [-0.2, -0.15) is 0 Å². The van der Waals surface area contributed by atoms with Crippen LogP contribution >= 0.6 is 15.9 Å². The van der Waals surface area contributed by atoms with E-state index in [-0.39, 0.29) is 6.04 Å². The van der Waals surface area contributed by atoms with Crippen molar-refractivity contribution in [3.05, 3.63) is 69.2 Å². The lowest BCUT2D eigenvalue weighted by molar-refractivity contribution is 0.634. The number of nitrogens with two attached hydrogens (primary N) is 1. The molecule has 0 saturated carbocycles. The van der Waals surface area contributed by atoms with Crippen molar-refractivity contribution < 1.29 is 0 Å². The Kier molecular flexibility index (Phi) is 4.17. The normalized spacial score (nSPS) is 12.4. The van der Waals surface area contributed by atoms with Crippen LogP contribution in [0.1, 0.15) is 28.3 Å². The van der Waals surface area contributed by atoms with Gasteiger partial charge in [-0.1, -0.05) is 64.0 Å². The van der Waals surface area contributed by atoms with E-state index in [1.807, 2.05) is 6.07 Å². The largest absolute Gasteiger partial charge is 0.271 e. The minimum absolute atomic E-state index is 0.000116. The summed E-state index contributed by atoms with van der Waals surface area (Å²) in [6.45, 7) is 4.16. The lowest BCUT2D eigenvalue weighted by Crippen LogP contribution is -2.29. The van der Waals surface area contributed by atoms with Crippen LogP contribution in [0.15, 0.2) is 46.9 Å². The van der Waals surface area contributed by atoms with E-state index in [2.05, 4.69) is 71.6 Å². The Morgan fingerprint density at radius 2 is 1.72 bits per heavy atom. The molecule has 0 aliphatic rings. The highest BCUT2D eigenvalue weighted by Crippen LogP contribution is 2.30. The number of halogens is 1. The first-order chi connectivity index (χ1) is 8.63. The van der Waals surface area contributed by atoms with E-state index in [1.54, 1.807) is 0 Å². The molecule has 1 unspecified atom stereocenters. The third kappa shape index (κ3) is 2.64. The van der Waals surface area contributed by atoms with Gasteiger partial charge in [0.05, 0.1) is 6.04 Å². The summed E-state index contributed by atoms with van der Waals surface area (Å²) in [5, 5.41) is 0. The van der Waals surface area contributed by atoms with Crippen molar-refractivity contribution in [1.29, 1.82) is 0 Å². The zero-order valence-corrected chi connectivity index (χ0v) is 12.2. The van der Waals surface area contributed by atoms with Gasteiger partial charge in [0.15, 0.2) is 0 Å². The number of hydrogen-bond donors (Lipinski definition) is 2. The Morgan fingerprint density at radius 3 is 2.33 bits per heavy atom. The van der Waals surface area contributed by atoms with Crippen molar-refractivity contribution in [3.8, 4) is 0 Å². The molecule has 3 heteroatoms. The Morgan fingerprint density at radius 1 is 1.06 bits per heavy atom. The number of aryl methyl sites for hydroxylation is 2. The second kappa shape index (κ2) is 5.65. The van der Waals surface area contributed by atoms with Crippen molar-refractivity contribution in [2.45, 2.75) is 19.9 Å². The SMILES string of the molecule is Cc1ccc(C(NN)c2cccc(C)c2Br)cc1. The predicted molar refractivity (Wildman–Crippen MR) is 79.2 cm³/mol. The first kappa shape index (κ1) is 13.3. The van der Waals surface area contributed by atoms with Crippen LogP contribution in [0.25, 0.3) is 0 Å². The first-order valence-corrected chi connectivity index (χ1v) is 6.70. The van der Waals surface area contributed by atoms with E-state index in [0.717, 1.165) is 15.6 Å². The summed E-state index contributed by atoms with van der Waals surface area (Å²) in [6, 6.07) is 14.6. The number of benzene rings is 2. The lowest BCUT2D eigenvalue weighted by atomic mass is 9.97. The fraction of sp³-hybridized carbons (Fsp3) is 0.200. The monoisotopic (exact) mass is 304 g/mol. The van der Waals surface area contributed by atoms with Crippen LogP contribution in [0.2, 0.25) is 0 Å². The molecule has 0 heterocycles. The Hall–Kier alpha value is -1.16.